The summed E-state index contributed by atoms with van der Waals surface area (Å²) in [6, 6.07) is 5.23. The van der Waals surface area contributed by atoms with Gasteiger partial charge in [-0.05, 0) is 23.1 Å². The number of hydrogen-bond donors (Lipinski definition) is 2. The number of amidine groups is 1. The van der Waals surface area contributed by atoms with Gasteiger partial charge >= 0.3 is 0 Å². The highest BCUT2D eigenvalue weighted by Gasteiger charge is 2.27. The molecule has 0 unspecified atom stereocenters. The molecule has 1 aromatic rings. The van der Waals surface area contributed by atoms with Gasteiger partial charge in [-0.25, -0.2) is 0 Å². The van der Waals surface area contributed by atoms with E-state index in [0.29, 0.717) is 5.69 Å². The minimum Gasteiger partial charge on any atom is -0.369 e. The predicted molar refractivity (Wildman–Crippen MR) is 85.0 cm³/mol. The van der Waals surface area contributed by atoms with Crippen molar-refractivity contribution < 1.29 is 13.2 Å². The Bertz CT molecular complexity index is 719. The highest BCUT2D eigenvalue weighted by atomic mass is 32.2. The van der Waals surface area contributed by atoms with E-state index in [4.69, 9.17) is 5.73 Å². The van der Waals surface area contributed by atoms with Gasteiger partial charge in [0.2, 0.25) is 5.91 Å². The molecule has 0 radical (unpaired) electrons. The van der Waals surface area contributed by atoms with Crippen LogP contribution in [0.2, 0.25) is 0 Å². The van der Waals surface area contributed by atoms with Gasteiger partial charge in [-0.3, -0.25) is 4.79 Å². The second-order valence-electron chi connectivity index (χ2n) is 5.71. The number of thioether (sulfide) groups is 1. The maximum absolute atomic E-state index is 12.3. The van der Waals surface area contributed by atoms with Crippen molar-refractivity contribution in [1.82, 2.24) is 0 Å². The quantitative estimate of drug-likeness (QED) is 0.860. The largest absolute Gasteiger partial charge is 0.369 e. The molecular formula is C13H17N3O3S2. The SMILES string of the molecule is CC(C)(C)c1ccc2c(c1)S(=O)(=O)N=C(SCC(N)=O)N2. The van der Waals surface area contributed by atoms with Gasteiger partial charge in [0.25, 0.3) is 10.0 Å². The zero-order chi connectivity index (χ0) is 15.8. The second-order valence-corrected chi connectivity index (χ2v) is 8.25. The normalized spacial score (nSPS) is 16.6. The van der Waals surface area contributed by atoms with Crippen molar-refractivity contribution >= 4 is 38.5 Å². The molecule has 0 aliphatic carbocycles. The Kier molecular flexibility index (Phi) is 4.03. The molecule has 1 aliphatic rings. The summed E-state index contributed by atoms with van der Waals surface area (Å²) in [6.07, 6.45) is 0. The summed E-state index contributed by atoms with van der Waals surface area (Å²) in [6.45, 7) is 6.03. The van der Waals surface area contributed by atoms with E-state index in [1.54, 1.807) is 12.1 Å². The third-order valence-corrected chi connectivity index (χ3v) is 5.25. The average molecular weight is 327 g/mol. The molecule has 21 heavy (non-hydrogen) atoms. The van der Waals surface area contributed by atoms with E-state index in [2.05, 4.69) is 9.71 Å². The second kappa shape index (κ2) is 5.34. The molecule has 114 valence electrons. The first-order valence-electron chi connectivity index (χ1n) is 6.27. The lowest BCUT2D eigenvalue weighted by molar-refractivity contribution is -0.115. The summed E-state index contributed by atoms with van der Waals surface area (Å²) in [5.41, 5.74) is 6.27. The first-order chi connectivity index (χ1) is 9.59. The monoisotopic (exact) mass is 327 g/mol. The summed E-state index contributed by atoms with van der Waals surface area (Å²) in [5.74, 6) is -0.563. The molecule has 0 spiro atoms. The van der Waals surface area contributed by atoms with Gasteiger partial charge in [-0.15, -0.1) is 4.40 Å². The number of primary amides is 1. The Morgan fingerprint density at radius 1 is 1.38 bits per heavy atom. The number of nitrogens with one attached hydrogen (secondary N) is 1. The number of nitrogens with two attached hydrogens (primary N) is 1. The van der Waals surface area contributed by atoms with Crippen molar-refractivity contribution in [3.05, 3.63) is 23.8 Å². The fourth-order valence-corrected chi connectivity index (χ4v) is 3.81. The number of carbonyl (C=O) groups excluding carboxylic acids is 1. The lowest BCUT2D eigenvalue weighted by atomic mass is 9.87. The molecule has 6 nitrogen and oxygen atoms in total. The molecule has 3 N–H and O–H groups in total. The molecule has 1 aromatic carbocycles. The maximum atomic E-state index is 12.3. The molecule has 1 aliphatic heterocycles. The molecule has 0 saturated carbocycles. The summed E-state index contributed by atoms with van der Waals surface area (Å²) in [4.78, 5) is 10.9. The number of fused-ring (bicyclic) bond motifs is 1. The first kappa shape index (κ1) is 15.8. The van der Waals surface area contributed by atoms with Crippen LogP contribution in [0.25, 0.3) is 0 Å². The number of rotatable bonds is 2. The van der Waals surface area contributed by atoms with E-state index in [1.807, 2.05) is 26.8 Å². The highest BCUT2D eigenvalue weighted by molar-refractivity contribution is 8.15. The van der Waals surface area contributed by atoms with Crippen molar-refractivity contribution in [3.63, 3.8) is 0 Å². The van der Waals surface area contributed by atoms with Crippen LogP contribution in [0.1, 0.15) is 26.3 Å². The Labute approximate surface area is 128 Å². The van der Waals surface area contributed by atoms with Gasteiger partial charge in [0, 0.05) is 0 Å². The summed E-state index contributed by atoms with van der Waals surface area (Å²) >= 11 is 0.966. The van der Waals surface area contributed by atoms with Crippen molar-refractivity contribution in [2.75, 3.05) is 11.1 Å². The van der Waals surface area contributed by atoms with Gasteiger partial charge in [-0.1, -0.05) is 38.6 Å². The summed E-state index contributed by atoms with van der Waals surface area (Å²) < 4.78 is 28.2. The fourth-order valence-electron chi connectivity index (χ4n) is 1.80. The van der Waals surface area contributed by atoms with E-state index >= 15 is 0 Å². The first-order valence-corrected chi connectivity index (χ1v) is 8.70. The minimum absolute atomic E-state index is 0.0310. The number of amides is 1. The number of benzene rings is 1. The third kappa shape index (κ3) is 3.56. The molecule has 0 saturated heterocycles. The molecular weight excluding hydrogens is 310 g/mol. The Morgan fingerprint density at radius 3 is 2.62 bits per heavy atom. The number of carbonyl (C=O) groups is 1. The molecule has 8 heteroatoms. The molecule has 1 heterocycles. The topological polar surface area (TPSA) is 102 Å². The van der Waals surface area contributed by atoms with E-state index in [1.165, 1.54) is 0 Å². The molecule has 2 rings (SSSR count). The molecule has 1 amide bonds. The number of sulfonamides is 1. The molecule has 0 fully saturated rings. The van der Waals surface area contributed by atoms with Crippen LogP contribution in [0.15, 0.2) is 27.5 Å². The number of hydrogen-bond acceptors (Lipinski definition) is 5. The molecule has 0 atom stereocenters. The van der Waals surface area contributed by atoms with Crippen molar-refractivity contribution in [3.8, 4) is 0 Å². The van der Waals surface area contributed by atoms with Gasteiger partial charge in [-0.2, -0.15) is 8.42 Å². The van der Waals surface area contributed by atoms with Crippen molar-refractivity contribution in [2.24, 2.45) is 10.1 Å². The maximum Gasteiger partial charge on any atom is 0.286 e. The molecule has 0 bridgehead atoms. The number of nitrogens with zero attached hydrogens (tertiary/aromatic N) is 1. The fraction of sp³-hybridized carbons (Fsp3) is 0.385. The van der Waals surface area contributed by atoms with E-state index in [-0.39, 0.29) is 21.2 Å². The zero-order valence-electron chi connectivity index (χ0n) is 12.0. The van der Waals surface area contributed by atoms with Gasteiger partial charge < -0.3 is 11.1 Å². The highest BCUT2D eigenvalue weighted by Crippen LogP contribution is 2.33. The van der Waals surface area contributed by atoms with E-state index in [0.717, 1.165) is 17.3 Å². The average Bonchev–Trinajstić information content (AvgIpc) is 2.34. The van der Waals surface area contributed by atoms with Crippen LogP contribution in [-0.2, 0) is 20.2 Å². The summed E-state index contributed by atoms with van der Waals surface area (Å²) in [7, 11) is -3.77. The van der Waals surface area contributed by atoms with Crippen LogP contribution in [0.4, 0.5) is 5.69 Å². The Morgan fingerprint density at radius 2 is 2.05 bits per heavy atom. The predicted octanol–water partition coefficient (Wildman–Crippen LogP) is 1.67. The molecule has 0 aromatic heterocycles. The van der Waals surface area contributed by atoms with E-state index in [9.17, 15) is 13.2 Å². The van der Waals surface area contributed by atoms with E-state index < -0.39 is 15.9 Å². The summed E-state index contributed by atoms with van der Waals surface area (Å²) in [5, 5.41) is 3.07. The van der Waals surface area contributed by atoms with Crippen LogP contribution in [-0.4, -0.2) is 25.2 Å². The van der Waals surface area contributed by atoms with Crippen molar-refractivity contribution in [1.29, 1.82) is 0 Å². The smallest absolute Gasteiger partial charge is 0.286 e. The Hall–Kier alpha value is -1.54. The van der Waals surface area contributed by atoms with Crippen molar-refractivity contribution in [2.45, 2.75) is 31.1 Å². The lowest BCUT2D eigenvalue weighted by Crippen LogP contribution is -2.23. The van der Waals surface area contributed by atoms with Crippen LogP contribution < -0.4 is 11.1 Å². The minimum atomic E-state index is -3.77. The van der Waals surface area contributed by atoms with Crippen LogP contribution in [0.5, 0.6) is 0 Å². The van der Waals surface area contributed by atoms with Crippen LogP contribution in [0.3, 0.4) is 0 Å². The zero-order valence-corrected chi connectivity index (χ0v) is 13.6. The number of anilines is 1. The Balaban J connectivity index is 2.40. The lowest BCUT2D eigenvalue weighted by Gasteiger charge is -2.23. The van der Waals surface area contributed by atoms with Crippen LogP contribution >= 0.6 is 11.8 Å². The van der Waals surface area contributed by atoms with Gasteiger partial charge in [0.1, 0.15) is 4.90 Å². The van der Waals surface area contributed by atoms with Gasteiger partial charge in [0.05, 0.1) is 11.4 Å². The standard InChI is InChI=1S/C13H17N3O3S2/c1-13(2,3)8-4-5-9-10(6-8)21(18,19)16-12(15-9)20-7-11(14)17/h4-6H,7H2,1-3H3,(H2,14,17)(H,15,16). The van der Waals surface area contributed by atoms with Crippen LogP contribution in [0, 0.1) is 0 Å². The third-order valence-electron chi connectivity index (χ3n) is 2.92. The van der Waals surface area contributed by atoms with Gasteiger partial charge in [0.15, 0.2) is 5.17 Å².